The van der Waals surface area contributed by atoms with Crippen LogP contribution in [0.15, 0.2) is 41.9 Å². The average molecular weight is 370 g/mol. The number of anilines is 1. The molecule has 0 aliphatic carbocycles. The predicted octanol–water partition coefficient (Wildman–Crippen LogP) is 2.84. The average Bonchev–Trinajstić information content (AvgIpc) is 3.32. The quantitative estimate of drug-likeness (QED) is 0.903. The highest BCUT2D eigenvalue weighted by Crippen LogP contribution is 2.29. The van der Waals surface area contributed by atoms with Gasteiger partial charge in [0, 0.05) is 49.2 Å². The maximum Gasteiger partial charge on any atom is 0.317 e. The Morgan fingerprint density at radius 2 is 1.96 bits per heavy atom. The normalized spacial score (nSPS) is 21.2. The Morgan fingerprint density at radius 3 is 2.65 bits per heavy atom. The molecule has 0 radical (unpaired) electrons. The van der Waals surface area contributed by atoms with Gasteiger partial charge in [-0.2, -0.15) is 0 Å². The molecule has 7 heteroatoms. The van der Waals surface area contributed by atoms with Gasteiger partial charge in [-0.05, 0) is 25.0 Å². The SMILES string of the molecule is O=C(NC1CC(=O)N(c2ccccc2)C1)N1CCC(c2nccs2)CC1. The second-order valence-electron chi connectivity index (χ2n) is 6.82. The highest BCUT2D eigenvalue weighted by molar-refractivity contribution is 7.09. The van der Waals surface area contributed by atoms with E-state index in [0.29, 0.717) is 18.9 Å². The number of piperidine rings is 1. The lowest BCUT2D eigenvalue weighted by atomic mass is 9.98. The molecular weight excluding hydrogens is 348 g/mol. The number of nitrogens with one attached hydrogen (secondary N) is 1. The minimum Gasteiger partial charge on any atom is -0.333 e. The zero-order valence-electron chi connectivity index (χ0n) is 14.5. The maximum absolute atomic E-state index is 12.6. The Kier molecular flexibility index (Phi) is 4.88. The van der Waals surface area contributed by atoms with Gasteiger partial charge < -0.3 is 15.1 Å². The van der Waals surface area contributed by atoms with E-state index < -0.39 is 0 Å². The number of urea groups is 1. The zero-order valence-corrected chi connectivity index (χ0v) is 15.3. The summed E-state index contributed by atoms with van der Waals surface area (Å²) in [5.74, 6) is 0.518. The highest BCUT2D eigenvalue weighted by Gasteiger charge is 2.33. The summed E-state index contributed by atoms with van der Waals surface area (Å²) in [4.78, 5) is 32.8. The number of amides is 3. The van der Waals surface area contributed by atoms with Crippen LogP contribution in [0.25, 0.3) is 0 Å². The Labute approximate surface area is 156 Å². The molecule has 0 saturated carbocycles. The van der Waals surface area contributed by atoms with Crippen LogP contribution >= 0.6 is 11.3 Å². The number of rotatable bonds is 3. The molecule has 2 aliphatic heterocycles. The molecule has 1 unspecified atom stereocenters. The van der Waals surface area contributed by atoms with Crippen molar-refractivity contribution in [3.05, 3.63) is 46.9 Å². The second-order valence-corrected chi connectivity index (χ2v) is 7.75. The van der Waals surface area contributed by atoms with Crippen molar-refractivity contribution in [1.29, 1.82) is 0 Å². The molecule has 4 rings (SSSR count). The minimum absolute atomic E-state index is 0.0592. The Bertz CT molecular complexity index is 757. The lowest BCUT2D eigenvalue weighted by molar-refractivity contribution is -0.117. The van der Waals surface area contributed by atoms with Crippen molar-refractivity contribution in [3.8, 4) is 0 Å². The Balaban J connectivity index is 1.30. The van der Waals surface area contributed by atoms with Crippen LogP contribution in [0.3, 0.4) is 0 Å². The van der Waals surface area contributed by atoms with Crippen molar-refractivity contribution in [3.63, 3.8) is 0 Å². The number of likely N-dealkylation sites (tertiary alicyclic amines) is 1. The van der Waals surface area contributed by atoms with Crippen molar-refractivity contribution in [2.75, 3.05) is 24.5 Å². The lowest BCUT2D eigenvalue weighted by Crippen LogP contribution is -2.48. The lowest BCUT2D eigenvalue weighted by Gasteiger charge is -2.32. The second kappa shape index (κ2) is 7.45. The van der Waals surface area contributed by atoms with Gasteiger partial charge in [0.15, 0.2) is 0 Å². The zero-order chi connectivity index (χ0) is 17.9. The summed E-state index contributed by atoms with van der Waals surface area (Å²) >= 11 is 1.69. The third-order valence-electron chi connectivity index (χ3n) is 5.10. The minimum atomic E-state index is -0.133. The molecule has 1 atom stereocenters. The van der Waals surface area contributed by atoms with Gasteiger partial charge in [0.25, 0.3) is 0 Å². The number of benzene rings is 1. The molecule has 3 amide bonds. The van der Waals surface area contributed by atoms with Gasteiger partial charge in [0.05, 0.1) is 11.0 Å². The van der Waals surface area contributed by atoms with Crippen LogP contribution in [0.5, 0.6) is 0 Å². The van der Waals surface area contributed by atoms with Gasteiger partial charge in [-0.1, -0.05) is 18.2 Å². The van der Waals surface area contributed by atoms with Crippen LogP contribution < -0.4 is 10.2 Å². The van der Waals surface area contributed by atoms with Gasteiger partial charge in [-0.15, -0.1) is 11.3 Å². The van der Waals surface area contributed by atoms with E-state index in [2.05, 4.69) is 10.3 Å². The number of thiazole rings is 1. The van der Waals surface area contributed by atoms with E-state index in [0.717, 1.165) is 31.6 Å². The molecule has 2 aromatic rings. The number of aromatic nitrogens is 1. The summed E-state index contributed by atoms with van der Waals surface area (Å²) in [6.45, 7) is 2.00. The number of carbonyl (C=O) groups is 2. The number of hydrogen-bond donors (Lipinski definition) is 1. The van der Waals surface area contributed by atoms with Crippen LogP contribution in [-0.2, 0) is 4.79 Å². The molecule has 0 spiro atoms. The summed E-state index contributed by atoms with van der Waals surface area (Å²) in [6.07, 6.45) is 4.09. The van der Waals surface area contributed by atoms with E-state index in [9.17, 15) is 9.59 Å². The molecule has 2 aliphatic rings. The fourth-order valence-corrected chi connectivity index (χ4v) is 4.50. The summed E-state index contributed by atoms with van der Waals surface area (Å²) in [7, 11) is 0. The summed E-state index contributed by atoms with van der Waals surface area (Å²) in [6, 6.07) is 9.42. The van der Waals surface area contributed by atoms with Gasteiger partial charge >= 0.3 is 6.03 Å². The highest BCUT2D eigenvalue weighted by atomic mass is 32.1. The van der Waals surface area contributed by atoms with E-state index in [1.807, 2.05) is 46.8 Å². The van der Waals surface area contributed by atoms with E-state index >= 15 is 0 Å². The maximum atomic E-state index is 12.6. The number of carbonyl (C=O) groups excluding carboxylic acids is 2. The van der Waals surface area contributed by atoms with Gasteiger partial charge in [0.2, 0.25) is 5.91 Å². The molecule has 3 heterocycles. The molecule has 2 fully saturated rings. The molecule has 136 valence electrons. The van der Waals surface area contributed by atoms with E-state index in [-0.39, 0.29) is 18.0 Å². The van der Waals surface area contributed by atoms with Crippen LogP contribution in [0.1, 0.15) is 30.2 Å². The summed E-state index contributed by atoms with van der Waals surface area (Å²) < 4.78 is 0. The Morgan fingerprint density at radius 1 is 1.19 bits per heavy atom. The van der Waals surface area contributed by atoms with Crippen LogP contribution in [-0.4, -0.2) is 47.5 Å². The monoisotopic (exact) mass is 370 g/mol. The van der Waals surface area contributed by atoms with Gasteiger partial charge in [-0.3, -0.25) is 4.79 Å². The van der Waals surface area contributed by atoms with Gasteiger partial charge in [0.1, 0.15) is 0 Å². The predicted molar refractivity (Wildman–Crippen MR) is 101 cm³/mol. The van der Waals surface area contributed by atoms with Crippen molar-refractivity contribution < 1.29 is 9.59 Å². The first-order valence-electron chi connectivity index (χ1n) is 9.01. The first kappa shape index (κ1) is 17.0. The Hall–Kier alpha value is -2.41. The van der Waals surface area contributed by atoms with E-state index in [1.54, 1.807) is 16.2 Å². The number of hydrogen-bond acceptors (Lipinski definition) is 4. The fraction of sp³-hybridized carbons (Fsp3) is 0.421. The molecule has 1 aromatic carbocycles. The standard InChI is InChI=1S/C19H22N4O2S/c24-17-12-15(13-23(17)16-4-2-1-3-5-16)21-19(25)22-9-6-14(7-10-22)18-20-8-11-26-18/h1-5,8,11,14-15H,6-7,9-10,12-13H2,(H,21,25). The van der Waals surface area contributed by atoms with Gasteiger partial charge in [-0.25, -0.2) is 9.78 Å². The molecule has 2 saturated heterocycles. The molecular formula is C19H22N4O2S. The largest absolute Gasteiger partial charge is 0.333 e. The molecule has 6 nitrogen and oxygen atoms in total. The van der Waals surface area contributed by atoms with Crippen molar-refractivity contribution in [2.45, 2.75) is 31.2 Å². The summed E-state index contributed by atoms with van der Waals surface area (Å²) in [5, 5.41) is 6.22. The van der Waals surface area contributed by atoms with Crippen LogP contribution in [0, 0.1) is 0 Å². The number of para-hydroxylation sites is 1. The first-order chi connectivity index (χ1) is 12.7. The molecule has 1 N–H and O–H groups in total. The third-order valence-corrected chi connectivity index (χ3v) is 6.04. The fourth-order valence-electron chi connectivity index (χ4n) is 3.69. The molecule has 1 aromatic heterocycles. The van der Waals surface area contributed by atoms with Crippen LogP contribution in [0.4, 0.5) is 10.5 Å². The van der Waals surface area contributed by atoms with E-state index in [1.165, 1.54) is 5.01 Å². The van der Waals surface area contributed by atoms with Crippen molar-refractivity contribution in [1.82, 2.24) is 15.2 Å². The smallest absolute Gasteiger partial charge is 0.317 e. The first-order valence-corrected chi connectivity index (χ1v) is 9.89. The van der Waals surface area contributed by atoms with Crippen molar-refractivity contribution in [2.24, 2.45) is 0 Å². The molecule has 26 heavy (non-hydrogen) atoms. The molecule has 0 bridgehead atoms. The van der Waals surface area contributed by atoms with Crippen molar-refractivity contribution >= 4 is 29.0 Å². The van der Waals surface area contributed by atoms with Crippen LogP contribution in [0.2, 0.25) is 0 Å². The van der Waals surface area contributed by atoms with E-state index in [4.69, 9.17) is 0 Å². The number of nitrogens with zero attached hydrogens (tertiary/aromatic N) is 3. The topological polar surface area (TPSA) is 65.5 Å². The summed E-state index contributed by atoms with van der Waals surface area (Å²) in [5.41, 5.74) is 0.888. The third kappa shape index (κ3) is 3.58.